The van der Waals surface area contributed by atoms with Crippen molar-refractivity contribution in [1.82, 2.24) is 19.3 Å². The van der Waals surface area contributed by atoms with Crippen LogP contribution in [0.15, 0.2) is 35.1 Å². The zero-order valence-electron chi connectivity index (χ0n) is 12.7. The lowest BCUT2D eigenvalue weighted by atomic mass is 10.2. The summed E-state index contributed by atoms with van der Waals surface area (Å²) in [6.07, 6.45) is 1.96. The van der Waals surface area contributed by atoms with E-state index in [-0.39, 0.29) is 11.9 Å². The number of carbonyl (C=O) groups is 1. The van der Waals surface area contributed by atoms with Crippen molar-refractivity contribution < 1.29 is 4.79 Å². The molecule has 0 fully saturated rings. The second-order valence-electron chi connectivity index (χ2n) is 5.48. The maximum absolute atomic E-state index is 12.6. The quantitative estimate of drug-likeness (QED) is 0.711. The highest BCUT2D eigenvalue weighted by atomic mass is 79.9. The third kappa shape index (κ3) is 2.47. The molecule has 1 atom stereocenters. The molecule has 0 saturated heterocycles. The lowest BCUT2D eigenvalue weighted by molar-refractivity contribution is 0.0887. The van der Waals surface area contributed by atoms with Gasteiger partial charge in [0.2, 0.25) is 5.91 Å². The van der Waals surface area contributed by atoms with E-state index in [1.165, 1.54) is 0 Å². The summed E-state index contributed by atoms with van der Waals surface area (Å²) in [5, 5.41) is 4.50. The number of fused-ring (bicyclic) bond motifs is 1. The van der Waals surface area contributed by atoms with Gasteiger partial charge in [0.25, 0.3) is 0 Å². The number of aryl methyl sites for hydroxylation is 1. The SMILES string of the molecule is Cc1nn([C@@H](C)CC(=O)n2cnc3ccccc32)c(C)c1Br. The third-order valence-corrected chi connectivity index (χ3v) is 4.99. The fourth-order valence-electron chi connectivity index (χ4n) is 2.67. The zero-order chi connectivity index (χ0) is 15.9. The number of hydrogen-bond acceptors (Lipinski definition) is 3. The van der Waals surface area contributed by atoms with E-state index in [9.17, 15) is 4.79 Å². The monoisotopic (exact) mass is 360 g/mol. The van der Waals surface area contributed by atoms with Crippen LogP contribution in [-0.2, 0) is 0 Å². The first-order chi connectivity index (χ1) is 10.5. The first kappa shape index (κ1) is 15.0. The van der Waals surface area contributed by atoms with E-state index in [0.29, 0.717) is 6.42 Å². The molecule has 0 aliphatic carbocycles. The molecule has 6 heteroatoms. The molecule has 0 saturated carbocycles. The van der Waals surface area contributed by atoms with Crippen LogP contribution in [0.25, 0.3) is 11.0 Å². The maximum atomic E-state index is 12.6. The van der Waals surface area contributed by atoms with Crippen molar-refractivity contribution in [2.24, 2.45) is 0 Å². The van der Waals surface area contributed by atoms with Crippen LogP contribution < -0.4 is 0 Å². The molecule has 2 heterocycles. The molecule has 0 spiro atoms. The van der Waals surface area contributed by atoms with E-state index in [2.05, 4.69) is 26.0 Å². The number of nitrogens with zero attached hydrogens (tertiary/aromatic N) is 4. The lowest BCUT2D eigenvalue weighted by Gasteiger charge is -2.14. The fourth-order valence-corrected chi connectivity index (χ4v) is 2.93. The highest BCUT2D eigenvalue weighted by Crippen LogP contribution is 2.24. The Bertz CT molecular complexity index is 849. The third-order valence-electron chi connectivity index (χ3n) is 3.85. The van der Waals surface area contributed by atoms with Crippen LogP contribution in [0.1, 0.15) is 35.6 Å². The molecule has 1 aromatic carbocycles. The maximum Gasteiger partial charge on any atom is 0.234 e. The first-order valence-corrected chi connectivity index (χ1v) is 7.95. The van der Waals surface area contributed by atoms with Crippen LogP contribution in [0.3, 0.4) is 0 Å². The second kappa shape index (κ2) is 5.68. The number of carbonyl (C=O) groups excluding carboxylic acids is 1. The Morgan fingerprint density at radius 2 is 2.05 bits per heavy atom. The van der Waals surface area contributed by atoms with Gasteiger partial charge in [0.05, 0.1) is 32.9 Å². The van der Waals surface area contributed by atoms with Gasteiger partial charge < -0.3 is 0 Å². The summed E-state index contributed by atoms with van der Waals surface area (Å²) in [5.41, 5.74) is 3.64. The highest BCUT2D eigenvalue weighted by molar-refractivity contribution is 9.10. The number of rotatable bonds is 3. The molecule has 0 aliphatic heterocycles. The van der Waals surface area contributed by atoms with Gasteiger partial charge in [-0.3, -0.25) is 14.0 Å². The summed E-state index contributed by atoms with van der Waals surface area (Å²) >= 11 is 3.52. The molecule has 0 unspecified atom stereocenters. The molecule has 2 aromatic heterocycles. The van der Waals surface area contributed by atoms with Gasteiger partial charge in [-0.05, 0) is 48.8 Å². The Kier molecular flexibility index (Phi) is 3.87. The van der Waals surface area contributed by atoms with Crippen molar-refractivity contribution in [1.29, 1.82) is 0 Å². The summed E-state index contributed by atoms with van der Waals surface area (Å²) in [6, 6.07) is 7.62. The first-order valence-electron chi connectivity index (χ1n) is 7.15. The normalized spacial score (nSPS) is 12.7. The largest absolute Gasteiger partial charge is 0.274 e. The molecular weight excluding hydrogens is 344 g/mol. The predicted octanol–water partition coefficient (Wildman–Crippen LogP) is 3.90. The van der Waals surface area contributed by atoms with Gasteiger partial charge in [-0.2, -0.15) is 5.10 Å². The molecule has 3 aromatic rings. The van der Waals surface area contributed by atoms with Crippen LogP contribution in [0.5, 0.6) is 0 Å². The van der Waals surface area contributed by atoms with Gasteiger partial charge in [0.1, 0.15) is 6.33 Å². The van der Waals surface area contributed by atoms with Gasteiger partial charge in [0, 0.05) is 6.42 Å². The van der Waals surface area contributed by atoms with Crippen molar-refractivity contribution in [3.63, 3.8) is 0 Å². The molecule has 0 radical (unpaired) electrons. The van der Waals surface area contributed by atoms with Gasteiger partial charge in [-0.1, -0.05) is 12.1 Å². The average molecular weight is 361 g/mol. The number of imidazole rings is 1. The van der Waals surface area contributed by atoms with E-state index >= 15 is 0 Å². The molecule has 0 N–H and O–H groups in total. The topological polar surface area (TPSA) is 52.7 Å². The van der Waals surface area contributed by atoms with E-state index < -0.39 is 0 Å². The van der Waals surface area contributed by atoms with Crippen molar-refractivity contribution >= 4 is 32.9 Å². The van der Waals surface area contributed by atoms with Gasteiger partial charge in [-0.15, -0.1) is 0 Å². The van der Waals surface area contributed by atoms with Crippen LogP contribution in [0.2, 0.25) is 0 Å². The number of aromatic nitrogens is 4. The Morgan fingerprint density at radius 3 is 2.73 bits per heavy atom. The van der Waals surface area contributed by atoms with Crippen LogP contribution >= 0.6 is 15.9 Å². The molecule has 5 nitrogen and oxygen atoms in total. The zero-order valence-corrected chi connectivity index (χ0v) is 14.3. The van der Waals surface area contributed by atoms with Crippen LogP contribution in [-0.4, -0.2) is 25.2 Å². The molecule has 0 bridgehead atoms. The number of para-hydroxylation sites is 2. The molecule has 114 valence electrons. The molecule has 0 aliphatic rings. The standard InChI is InChI=1S/C16H17BrN4O/c1-10(21-12(3)16(17)11(2)19-21)8-15(22)20-9-18-13-6-4-5-7-14(13)20/h4-7,9-10H,8H2,1-3H3/t10-/m0/s1. The lowest BCUT2D eigenvalue weighted by Crippen LogP contribution is -2.17. The van der Waals surface area contributed by atoms with Gasteiger partial charge in [0.15, 0.2) is 0 Å². The molecular formula is C16H17BrN4O. The Morgan fingerprint density at radius 1 is 1.32 bits per heavy atom. The number of benzene rings is 1. The van der Waals surface area contributed by atoms with Crippen molar-refractivity contribution in [3.05, 3.63) is 46.5 Å². The Balaban J connectivity index is 1.86. The van der Waals surface area contributed by atoms with Gasteiger partial charge in [-0.25, -0.2) is 4.98 Å². The molecule has 0 amide bonds. The average Bonchev–Trinajstić information content (AvgIpc) is 3.04. The minimum Gasteiger partial charge on any atom is -0.274 e. The van der Waals surface area contributed by atoms with Crippen LogP contribution in [0, 0.1) is 13.8 Å². The fraction of sp³-hybridized carbons (Fsp3) is 0.312. The molecule has 22 heavy (non-hydrogen) atoms. The van der Waals surface area contributed by atoms with E-state index in [1.54, 1.807) is 10.9 Å². The van der Waals surface area contributed by atoms with Crippen molar-refractivity contribution in [2.75, 3.05) is 0 Å². The summed E-state index contributed by atoms with van der Waals surface area (Å²) in [5.74, 6) is 0.0184. The summed E-state index contributed by atoms with van der Waals surface area (Å²) in [4.78, 5) is 16.8. The summed E-state index contributed by atoms with van der Waals surface area (Å²) < 4.78 is 4.52. The smallest absolute Gasteiger partial charge is 0.234 e. The minimum absolute atomic E-state index is 0.0151. The molecule has 3 rings (SSSR count). The van der Waals surface area contributed by atoms with E-state index in [4.69, 9.17) is 0 Å². The number of halogens is 1. The van der Waals surface area contributed by atoms with Crippen molar-refractivity contribution in [2.45, 2.75) is 33.2 Å². The van der Waals surface area contributed by atoms with Gasteiger partial charge >= 0.3 is 0 Å². The van der Waals surface area contributed by atoms with Crippen LogP contribution in [0.4, 0.5) is 0 Å². The predicted molar refractivity (Wildman–Crippen MR) is 89.1 cm³/mol. The highest BCUT2D eigenvalue weighted by Gasteiger charge is 2.18. The minimum atomic E-state index is -0.0151. The summed E-state index contributed by atoms with van der Waals surface area (Å²) in [7, 11) is 0. The van der Waals surface area contributed by atoms with E-state index in [0.717, 1.165) is 26.9 Å². The summed E-state index contributed by atoms with van der Waals surface area (Å²) in [6.45, 7) is 5.95. The Hall–Kier alpha value is -1.95. The second-order valence-corrected chi connectivity index (χ2v) is 6.27. The van der Waals surface area contributed by atoms with E-state index in [1.807, 2.05) is 49.7 Å². The van der Waals surface area contributed by atoms with Crippen molar-refractivity contribution in [3.8, 4) is 0 Å². The Labute approximate surface area is 137 Å². The number of hydrogen-bond donors (Lipinski definition) is 0.